The van der Waals surface area contributed by atoms with Crippen molar-refractivity contribution in [2.24, 2.45) is 0 Å². The lowest BCUT2D eigenvalue weighted by Crippen LogP contribution is -2.41. The van der Waals surface area contributed by atoms with Gasteiger partial charge < -0.3 is 4.74 Å². The molecular formula is C31H35NO. The normalized spacial score (nSPS) is 21.7. The molecule has 0 N–H and O–H groups in total. The highest BCUT2D eigenvalue weighted by molar-refractivity contribution is 5.30. The number of benzene rings is 3. The van der Waals surface area contributed by atoms with Gasteiger partial charge in [0.25, 0.3) is 0 Å². The minimum Gasteiger partial charge on any atom is -0.365 e. The van der Waals surface area contributed by atoms with Gasteiger partial charge in [0.1, 0.15) is 6.10 Å². The van der Waals surface area contributed by atoms with Gasteiger partial charge in [-0.1, -0.05) is 103 Å². The summed E-state index contributed by atoms with van der Waals surface area (Å²) in [5.74, 6) is 0. The SMILES string of the molecule is C(COC(c1ccccc1)c1ccccc1)=C1C[C@H]2CC[C@@H](C1)N2CCCc1ccccc1. The molecule has 0 amide bonds. The van der Waals surface area contributed by atoms with Gasteiger partial charge in [-0.05, 0) is 61.8 Å². The van der Waals surface area contributed by atoms with E-state index in [1.54, 1.807) is 5.57 Å². The van der Waals surface area contributed by atoms with Crippen molar-refractivity contribution in [3.8, 4) is 0 Å². The molecule has 33 heavy (non-hydrogen) atoms. The fourth-order valence-corrected chi connectivity index (χ4v) is 5.69. The third kappa shape index (κ3) is 5.63. The van der Waals surface area contributed by atoms with Crippen molar-refractivity contribution in [3.63, 3.8) is 0 Å². The maximum Gasteiger partial charge on any atom is 0.108 e. The van der Waals surface area contributed by atoms with E-state index in [2.05, 4.69) is 102 Å². The smallest absolute Gasteiger partial charge is 0.108 e. The first kappa shape index (κ1) is 22.1. The fraction of sp³-hybridized carbons (Fsp3) is 0.355. The second-order valence-corrected chi connectivity index (χ2v) is 9.52. The van der Waals surface area contributed by atoms with E-state index in [4.69, 9.17) is 4.74 Å². The van der Waals surface area contributed by atoms with Gasteiger partial charge in [-0.3, -0.25) is 4.90 Å². The number of aryl methyl sites for hydroxylation is 1. The molecule has 2 atom stereocenters. The summed E-state index contributed by atoms with van der Waals surface area (Å²) < 4.78 is 6.46. The van der Waals surface area contributed by atoms with E-state index in [1.165, 1.54) is 61.8 Å². The van der Waals surface area contributed by atoms with Crippen molar-refractivity contribution in [1.82, 2.24) is 4.90 Å². The number of hydrogen-bond acceptors (Lipinski definition) is 2. The van der Waals surface area contributed by atoms with Crippen LogP contribution in [0.3, 0.4) is 0 Å². The molecule has 3 aromatic carbocycles. The predicted octanol–water partition coefficient (Wildman–Crippen LogP) is 6.98. The van der Waals surface area contributed by atoms with Crippen LogP contribution in [0.15, 0.2) is 103 Å². The summed E-state index contributed by atoms with van der Waals surface area (Å²) in [5.41, 5.74) is 5.50. The number of ether oxygens (including phenoxy) is 1. The highest BCUT2D eigenvalue weighted by atomic mass is 16.5. The first-order valence-corrected chi connectivity index (χ1v) is 12.6. The van der Waals surface area contributed by atoms with Gasteiger partial charge in [0.05, 0.1) is 6.61 Å². The lowest BCUT2D eigenvalue weighted by molar-refractivity contribution is 0.102. The molecule has 2 heterocycles. The van der Waals surface area contributed by atoms with Crippen LogP contribution in [0.2, 0.25) is 0 Å². The summed E-state index contributed by atoms with van der Waals surface area (Å²) in [6, 6.07) is 33.5. The summed E-state index contributed by atoms with van der Waals surface area (Å²) in [4.78, 5) is 2.80. The molecule has 2 heteroatoms. The first-order chi connectivity index (χ1) is 16.4. The van der Waals surface area contributed by atoms with E-state index in [-0.39, 0.29) is 6.10 Å². The molecular weight excluding hydrogens is 402 g/mol. The number of nitrogens with zero attached hydrogens (tertiary/aromatic N) is 1. The molecule has 2 fully saturated rings. The maximum absolute atomic E-state index is 6.46. The van der Waals surface area contributed by atoms with Crippen LogP contribution >= 0.6 is 0 Å². The highest BCUT2D eigenvalue weighted by Crippen LogP contribution is 2.38. The standard InChI is InChI=1S/C31H35NO/c1-4-11-25(12-5-1)13-10-21-32-29-18-19-30(32)24-26(23-29)20-22-33-31(27-14-6-2-7-15-27)28-16-8-3-9-17-28/h1-9,11-12,14-17,20,29-31H,10,13,18-19,21-24H2/t29-,30+. The van der Waals surface area contributed by atoms with Crippen LogP contribution in [0, 0.1) is 0 Å². The Bertz CT molecular complexity index is 959. The zero-order valence-electron chi connectivity index (χ0n) is 19.5. The largest absolute Gasteiger partial charge is 0.365 e. The van der Waals surface area contributed by atoms with E-state index in [0.717, 1.165) is 12.1 Å². The predicted molar refractivity (Wildman–Crippen MR) is 136 cm³/mol. The zero-order valence-corrected chi connectivity index (χ0v) is 19.5. The van der Waals surface area contributed by atoms with Gasteiger partial charge in [-0.25, -0.2) is 0 Å². The number of rotatable bonds is 9. The van der Waals surface area contributed by atoms with E-state index in [0.29, 0.717) is 6.61 Å². The summed E-state index contributed by atoms with van der Waals surface area (Å²) in [6.45, 7) is 1.91. The van der Waals surface area contributed by atoms with Gasteiger partial charge in [-0.15, -0.1) is 0 Å². The Balaban J connectivity index is 1.16. The summed E-state index contributed by atoms with van der Waals surface area (Å²) in [5, 5.41) is 0. The van der Waals surface area contributed by atoms with Gasteiger partial charge in [-0.2, -0.15) is 0 Å². The molecule has 3 aromatic rings. The van der Waals surface area contributed by atoms with Crippen LogP contribution in [-0.4, -0.2) is 30.1 Å². The fourth-order valence-electron chi connectivity index (χ4n) is 5.69. The van der Waals surface area contributed by atoms with Crippen LogP contribution < -0.4 is 0 Å². The topological polar surface area (TPSA) is 12.5 Å². The van der Waals surface area contributed by atoms with E-state index >= 15 is 0 Å². The van der Waals surface area contributed by atoms with Crippen LogP contribution in [0.1, 0.15) is 54.9 Å². The molecule has 2 nitrogen and oxygen atoms in total. The molecule has 0 spiro atoms. The molecule has 2 bridgehead atoms. The van der Waals surface area contributed by atoms with Gasteiger partial charge >= 0.3 is 0 Å². The Labute approximate surface area is 198 Å². The molecule has 0 aliphatic carbocycles. The second-order valence-electron chi connectivity index (χ2n) is 9.52. The van der Waals surface area contributed by atoms with Crippen molar-refractivity contribution >= 4 is 0 Å². The Morgan fingerprint density at radius 2 is 1.30 bits per heavy atom. The molecule has 0 unspecified atom stereocenters. The molecule has 170 valence electrons. The summed E-state index contributed by atoms with van der Waals surface area (Å²) in [6.07, 6.45) is 9.95. The van der Waals surface area contributed by atoms with E-state index in [9.17, 15) is 0 Å². The van der Waals surface area contributed by atoms with Crippen LogP contribution in [0.25, 0.3) is 0 Å². The lowest BCUT2D eigenvalue weighted by Gasteiger charge is -2.36. The minimum atomic E-state index is -0.0148. The summed E-state index contributed by atoms with van der Waals surface area (Å²) in [7, 11) is 0. The third-order valence-corrected chi connectivity index (χ3v) is 7.33. The third-order valence-electron chi connectivity index (χ3n) is 7.33. The molecule has 0 saturated carbocycles. The maximum atomic E-state index is 6.46. The van der Waals surface area contributed by atoms with Gasteiger partial charge in [0.15, 0.2) is 0 Å². The van der Waals surface area contributed by atoms with E-state index < -0.39 is 0 Å². The first-order valence-electron chi connectivity index (χ1n) is 12.6. The molecule has 2 aliphatic rings. The average Bonchev–Trinajstić information content (AvgIpc) is 3.11. The van der Waals surface area contributed by atoms with Crippen LogP contribution in [0.4, 0.5) is 0 Å². The minimum absolute atomic E-state index is 0.0148. The molecule has 2 saturated heterocycles. The average molecular weight is 438 g/mol. The number of fused-ring (bicyclic) bond motifs is 2. The monoisotopic (exact) mass is 437 g/mol. The molecule has 5 rings (SSSR count). The van der Waals surface area contributed by atoms with Gasteiger partial charge in [0.2, 0.25) is 0 Å². The number of piperidine rings is 1. The van der Waals surface area contributed by atoms with E-state index in [1.807, 2.05) is 0 Å². The lowest BCUT2D eigenvalue weighted by atomic mass is 9.96. The zero-order chi connectivity index (χ0) is 22.3. The summed E-state index contributed by atoms with van der Waals surface area (Å²) >= 11 is 0. The molecule has 2 aliphatic heterocycles. The van der Waals surface area contributed by atoms with Gasteiger partial charge in [0, 0.05) is 12.1 Å². The van der Waals surface area contributed by atoms with Crippen LogP contribution in [0.5, 0.6) is 0 Å². The number of hydrogen-bond donors (Lipinski definition) is 0. The second kappa shape index (κ2) is 11.0. The van der Waals surface area contributed by atoms with Crippen molar-refractivity contribution < 1.29 is 4.74 Å². The Morgan fingerprint density at radius 3 is 1.88 bits per heavy atom. The van der Waals surface area contributed by atoms with Crippen molar-refractivity contribution in [2.75, 3.05) is 13.2 Å². The Kier molecular flexibility index (Phi) is 7.35. The quantitative estimate of drug-likeness (QED) is 0.335. The van der Waals surface area contributed by atoms with Crippen molar-refractivity contribution in [2.45, 2.75) is 56.7 Å². The Hall–Kier alpha value is -2.68. The van der Waals surface area contributed by atoms with Crippen molar-refractivity contribution in [1.29, 1.82) is 0 Å². The van der Waals surface area contributed by atoms with Crippen LogP contribution in [-0.2, 0) is 11.2 Å². The Morgan fingerprint density at radius 1 is 0.758 bits per heavy atom. The molecule has 0 radical (unpaired) electrons. The highest BCUT2D eigenvalue weighted by Gasteiger charge is 2.37. The van der Waals surface area contributed by atoms with Crippen molar-refractivity contribution in [3.05, 3.63) is 119 Å². The molecule has 0 aromatic heterocycles.